The molecule has 0 atom stereocenters. The first-order chi connectivity index (χ1) is 6.15. The molecule has 0 heterocycles. The monoisotopic (exact) mass is 206 g/mol. The molecule has 1 aromatic rings. The molecule has 0 spiro atoms. The Kier molecular flexibility index (Phi) is 3.63. The quantitative estimate of drug-likeness (QED) is 0.754. The van der Waals surface area contributed by atoms with Crippen molar-refractivity contribution in [1.82, 2.24) is 0 Å². The summed E-state index contributed by atoms with van der Waals surface area (Å²) in [6.45, 7) is -0.0194. The summed E-state index contributed by atoms with van der Waals surface area (Å²) in [5.74, 6) is -1.37. The molecule has 0 saturated carbocycles. The van der Waals surface area contributed by atoms with Gasteiger partial charge in [0, 0.05) is 12.7 Å². The lowest BCUT2D eigenvalue weighted by atomic mass is 10.1. The zero-order valence-electron chi connectivity index (χ0n) is 6.86. The van der Waals surface area contributed by atoms with E-state index >= 15 is 0 Å². The van der Waals surface area contributed by atoms with E-state index in [-0.39, 0.29) is 11.6 Å². The van der Waals surface area contributed by atoms with Crippen LogP contribution < -0.4 is 0 Å². The van der Waals surface area contributed by atoms with Crippen LogP contribution in [0.25, 0.3) is 0 Å². The van der Waals surface area contributed by atoms with Crippen molar-refractivity contribution in [2.24, 2.45) is 0 Å². The molecule has 0 amide bonds. The van der Waals surface area contributed by atoms with Crippen molar-refractivity contribution in [2.75, 3.05) is 6.61 Å². The van der Waals surface area contributed by atoms with Gasteiger partial charge in [-0.25, -0.2) is 8.78 Å². The van der Waals surface area contributed by atoms with Gasteiger partial charge >= 0.3 is 0 Å². The maximum atomic E-state index is 13.0. The highest BCUT2D eigenvalue weighted by atomic mass is 35.5. The Labute approximate surface area is 80.0 Å². The van der Waals surface area contributed by atoms with Crippen molar-refractivity contribution < 1.29 is 13.9 Å². The van der Waals surface area contributed by atoms with E-state index in [0.29, 0.717) is 18.4 Å². The van der Waals surface area contributed by atoms with Crippen LogP contribution in [0, 0.1) is 11.6 Å². The molecule has 0 aromatic heterocycles. The van der Waals surface area contributed by atoms with Gasteiger partial charge in [0.05, 0.1) is 5.02 Å². The molecule has 1 aromatic carbocycles. The van der Waals surface area contributed by atoms with E-state index in [0.717, 1.165) is 6.07 Å². The van der Waals surface area contributed by atoms with Crippen LogP contribution in [-0.4, -0.2) is 11.7 Å². The highest BCUT2D eigenvalue weighted by molar-refractivity contribution is 6.30. The Balaban J connectivity index is 2.88. The van der Waals surface area contributed by atoms with Crippen LogP contribution >= 0.6 is 11.6 Å². The van der Waals surface area contributed by atoms with Gasteiger partial charge in [-0.1, -0.05) is 11.6 Å². The van der Waals surface area contributed by atoms with Crippen molar-refractivity contribution >= 4 is 11.6 Å². The molecular formula is C9H9ClF2O. The van der Waals surface area contributed by atoms with Gasteiger partial charge in [-0.05, 0) is 24.5 Å². The normalized spacial score (nSPS) is 10.5. The number of benzene rings is 1. The lowest BCUT2D eigenvalue weighted by Crippen LogP contribution is -1.95. The SMILES string of the molecule is OCCCc1cc(Cl)c(F)cc1F. The van der Waals surface area contributed by atoms with Crippen LogP contribution in [0.4, 0.5) is 8.78 Å². The van der Waals surface area contributed by atoms with E-state index in [9.17, 15) is 8.78 Å². The van der Waals surface area contributed by atoms with Crippen LogP contribution in [-0.2, 0) is 6.42 Å². The lowest BCUT2D eigenvalue weighted by Gasteiger charge is -2.03. The number of aliphatic hydroxyl groups is 1. The van der Waals surface area contributed by atoms with Crippen molar-refractivity contribution in [1.29, 1.82) is 0 Å². The minimum Gasteiger partial charge on any atom is -0.396 e. The number of halogens is 3. The predicted molar refractivity (Wildman–Crippen MR) is 46.8 cm³/mol. The maximum Gasteiger partial charge on any atom is 0.144 e. The van der Waals surface area contributed by atoms with E-state index in [1.807, 2.05) is 0 Å². The fourth-order valence-electron chi connectivity index (χ4n) is 1.02. The van der Waals surface area contributed by atoms with Gasteiger partial charge in [-0.15, -0.1) is 0 Å². The van der Waals surface area contributed by atoms with Gasteiger partial charge in [0.25, 0.3) is 0 Å². The van der Waals surface area contributed by atoms with Crippen molar-refractivity contribution in [3.63, 3.8) is 0 Å². The summed E-state index contributed by atoms with van der Waals surface area (Å²) >= 11 is 5.46. The number of hydrogen-bond acceptors (Lipinski definition) is 1. The summed E-state index contributed by atoms with van der Waals surface area (Å²) in [6.07, 6.45) is 0.807. The van der Waals surface area contributed by atoms with E-state index in [1.54, 1.807) is 0 Å². The Bertz CT molecular complexity index is 302. The molecule has 1 N–H and O–H groups in total. The van der Waals surface area contributed by atoms with E-state index < -0.39 is 11.6 Å². The second kappa shape index (κ2) is 4.53. The molecule has 0 bridgehead atoms. The third-order valence-electron chi connectivity index (χ3n) is 1.69. The first kappa shape index (κ1) is 10.4. The third kappa shape index (κ3) is 2.64. The molecule has 0 radical (unpaired) electrons. The molecule has 0 saturated heterocycles. The zero-order chi connectivity index (χ0) is 9.84. The van der Waals surface area contributed by atoms with Crippen LogP contribution in [0.3, 0.4) is 0 Å². The molecule has 0 aliphatic rings. The van der Waals surface area contributed by atoms with Gasteiger partial charge in [-0.3, -0.25) is 0 Å². The van der Waals surface area contributed by atoms with Crippen LogP contribution in [0.1, 0.15) is 12.0 Å². The van der Waals surface area contributed by atoms with Gasteiger partial charge in [0.1, 0.15) is 11.6 Å². The highest BCUT2D eigenvalue weighted by Gasteiger charge is 2.07. The number of hydrogen-bond donors (Lipinski definition) is 1. The highest BCUT2D eigenvalue weighted by Crippen LogP contribution is 2.20. The Morgan fingerprint density at radius 2 is 1.92 bits per heavy atom. The van der Waals surface area contributed by atoms with Crippen molar-refractivity contribution in [2.45, 2.75) is 12.8 Å². The fourth-order valence-corrected chi connectivity index (χ4v) is 1.21. The molecule has 72 valence electrons. The molecule has 1 rings (SSSR count). The van der Waals surface area contributed by atoms with Gasteiger partial charge in [0.2, 0.25) is 0 Å². The average molecular weight is 207 g/mol. The Morgan fingerprint density at radius 3 is 2.54 bits per heavy atom. The van der Waals surface area contributed by atoms with Crippen molar-refractivity contribution in [3.8, 4) is 0 Å². The number of aliphatic hydroxyl groups excluding tert-OH is 1. The standard InChI is InChI=1S/C9H9ClF2O/c10-7-4-6(2-1-3-13)8(11)5-9(7)12/h4-5,13H,1-3H2. The molecule has 0 aliphatic carbocycles. The first-order valence-electron chi connectivity index (χ1n) is 3.89. The molecule has 1 nitrogen and oxygen atoms in total. The fraction of sp³-hybridized carbons (Fsp3) is 0.333. The van der Waals surface area contributed by atoms with E-state index in [4.69, 9.17) is 16.7 Å². The third-order valence-corrected chi connectivity index (χ3v) is 1.98. The van der Waals surface area contributed by atoms with Gasteiger partial charge in [-0.2, -0.15) is 0 Å². The molecule has 0 unspecified atom stereocenters. The maximum absolute atomic E-state index is 13.0. The molecule has 0 fully saturated rings. The van der Waals surface area contributed by atoms with Gasteiger partial charge < -0.3 is 5.11 Å². The Morgan fingerprint density at radius 1 is 1.23 bits per heavy atom. The topological polar surface area (TPSA) is 20.2 Å². The van der Waals surface area contributed by atoms with E-state index in [1.165, 1.54) is 6.07 Å². The second-order valence-electron chi connectivity index (χ2n) is 2.68. The number of rotatable bonds is 3. The molecule has 13 heavy (non-hydrogen) atoms. The lowest BCUT2D eigenvalue weighted by molar-refractivity contribution is 0.288. The zero-order valence-corrected chi connectivity index (χ0v) is 7.61. The van der Waals surface area contributed by atoms with Gasteiger partial charge in [0.15, 0.2) is 0 Å². The summed E-state index contributed by atoms with van der Waals surface area (Å²) in [4.78, 5) is 0. The minimum atomic E-state index is -0.757. The van der Waals surface area contributed by atoms with Crippen LogP contribution in [0.5, 0.6) is 0 Å². The van der Waals surface area contributed by atoms with E-state index in [2.05, 4.69) is 0 Å². The van der Waals surface area contributed by atoms with Crippen LogP contribution in [0.15, 0.2) is 12.1 Å². The summed E-state index contributed by atoms with van der Waals surface area (Å²) < 4.78 is 25.6. The first-order valence-corrected chi connectivity index (χ1v) is 4.27. The predicted octanol–water partition coefficient (Wildman–Crippen LogP) is 2.54. The Hall–Kier alpha value is -0.670. The minimum absolute atomic E-state index is 0.0194. The smallest absolute Gasteiger partial charge is 0.144 e. The summed E-state index contributed by atoms with van der Waals surface area (Å²) in [7, 11) is 0. The largest absolute Gasteiger partial charge is 0.396 e. The van der Waals surface area contributed by atoms with Crippen LogP contribution in [0.2, 0.25) is 5.02 Å². The second-order valence-corrected chi connectivity index (χ2v) is 3.09. The summed E-state index contributed by atoms with van der Waals surface area (Å²) in [5.41, 5.74) is 0.334. The summed E-state index contributed by atoms with van der Waals surface area (Å²) in [5, 5.41) is 8.42. The van der Waals surface area contributed by atoms with Crippen molar-refractivity contribution in [3.05, 3.63) is 34.4 Å². The summed E-state index contributed by atoms with van der Waals surface area (Å²) in [6, 6.07) is 2.01. The molecule has 4 heteroatoms. The molecular weight excluding hydrogens is 198 g/mol. The molecule has 0 aliphatic heterocycles. The average Bonchev–Trinajstić information content (AvgIpc) is 2.09. The number of aryl methyl sites for hydroxylation is 1.